The molecule has 34 heavy (non-hydrogen) atoms. The largest absolute Gasteiger partial charge is 0.480 e. The molecule has 1 fully saturated rings. The van der Waals surface area contributed by atoms with Crippen molar-refractivity contribution in [3.8, 4) is 11.5 Å². The lowest BCUT2D eigenvalue weighted by Crippen LogP contribution is -2.36. The van der Waals surface area contributed by atoms with Gasteiger partial charge in [0.2, 0.25) is 5.89 Å². The van der Waals surface area contributed by atoms with E-state index in [9.17, 15) is 9.90 Å². The molecule has 6 nitrogen and oxygen atoms in total. The first-order valence-electron chi connectivity index (χ1n) is 12.1. The fourth-order valence-electron chi connectivity index (χ4n) is 4.72. The summed E-state index contributed by atoms with van der Waals surface area (Å²) in [5.41, 5.74) is 4.15. The second kappa shape index (κ2) is 11.4. The Morgan fingerprint density at radius 2 is 1.88 bits per heavy atom. The fourth-order valence-corrected chi connectivity index (χ4v) is 4.72. The molecule has 1 N–H and O–H groups in total. The lowest BCUT2D eigenvalue weighted by molar-refractivity contribution is -0.138. The zero-order chi connectivity index (χ0) is 23.9. The van der Waals surface area contributed by atoms with Gasteiger partial charge in [0, 0.05) is 18.7 Å². The molecule has 0 bridgehead atoms. The summed E-state index contributed by atoms with van der Waals surface area (Å²) in [6.45, 7) is 5.89. The van der Waals surface area contributed by atoms with E-state index >= 15 is 0 Å². The summed E-state index contributed by atoms with van der Waals surface area (Å²) < 4.78 is 12.2. The summed E-state index contributed by atoms with van der Waals surface area (Å²) in [5, 5.41) is 9.40. The SMILES string of the molecule is Cc1ccc(-c2nc(CO[C@@H]3CCC[C@H](CN(CC(=O)O)Cc4ccccc4)C3)c(C)o2)cc1. The maximum absolute atomic E-state index is 11.4. The molecule has 0 spiro atoms. The summed E-state index contributed by atoms with van der Waals surface area (Å²) in [6, 6.07) is 18.2. The highest BCUT2D eigenvalue weighted by molar-refractivity contribution is 5.69. The zero-order valence-corrected chi connectivity index (χ0v) is 20.1. The molecule has 0 aliphatic heterocycles. The number of carbonyl (C=O) groups is 1. The number of oxazole rings is 1. The molecule has 0 saturated heterocycles. The van der Waals surface area contributed by atoms with Crippen LogP contribution >= 0.6 is 0 Å². The molecule has 3 aromatic rings. The van der Waals surface area contributed by atoms with Crippen molar-refractivity contribution in [2.75, 3.05) is 13.1 Å². The van der Waals surface area contributed by atoms with E-state index in [1.807, 2.05) is 54.3 Å². The third kappa shape index (κ3) is 6.78. The summed E-state index contributed by atoms with van der Waals surface area (Å²) >= 11 is 0. The van der Waals surface area contributed by atoms with E-state index < -0.39 is 5.97 Å². The Morgan fingerprint density at radius 3 is 2.62 bits per heavy atom. The van der Waals surface area contributed by atoms with E-state index in [2.05, 4.69) is 24.0 Å². The molecule has 1 saturated carbocycles. The summed E-state index contributed by atoms with van der Waals surface area (Å²) in [6.07, 6.45) is 4.31. The number of aliphatic carboxylic acids is 1. The molecule has 180 valence electrons. The highest BCUT2D eigenvalue weighted by atomic mass is 16.5. The van der Waals surface area contributed by atoms with Crippen LogP contribution in [0, 0.1) is 19.8 Å². The topological polar surface area (TPSA) is 75.8 Å². The van der Waals surface area contributed by atoms with Crippen LogP contribution in [0.25, 0.3) is 11.5 Å². The van der Waals surface area contributed by atoms with E-state index in [1.54, 1.807) is 0 Å². The van der Waals surface area contributed by atoms with Crippen LogP contribution in [-0.4, -0.2) is 40.2 Å². The van der Waals surface area contributed by atoms with Crippen LogP contribution in [0.15, 0.2) is 59.0 Å². The second-order valence-corrected chi connectivity index (χ2v) is 9.40. The van der Waals surface area contributed by atoms with E-state index in [4.69, 9.17) is 9.15 Å². The molecule has 4 rings (SSSR count). The number of benzene rings is 2. The molecule has 6 heteroatoms. The Hall–Kier alpha value is -2.96. The van der Waals surface area contributed by atoms with E-state index in [1.165, 1.54) is 5.56 Å². The van der Waals surface area contributed by atoms with E-state index in [0.29, 0.717) is 25.0 Å². The summed E-state index contributed by atoms with van der Waals surface area (Å²) in [4.78, 5) is 18.2. The van der Waals surface area contributed by atoms with Crippen molar-refractivity contribution in [3.63, 3.8) is 0 Å². The Bertz CT molecular complexity index is 1060. The van der Waals surface area contributed by atoms with Gasteiger partial charge in [0.05, 0.1) is 19.3 Å². The van der Waals surface area contributed by atoms with Gasteiger partial charge in [-0.05, 0) is 56.7 Å². The summed E-state index contributed by atoms with van der Waals surface area (Å²) in [5.74, 6) is 1.05. The maximum atomic E-state index is 11.4. The van der Waals surface area contributed by atoms with Crippen molar-refractivity contribution < 1.29 is 19.1 Å². The quantitative estimate of drug-likeness (QED) is 0.421. The minimum Gasteiger partial charge on any atom is -0.480 e. The van der Waals surface area contributed by atoms with Crippen LogP contribution in [0.1, 0.15) is 48.3 Å². The predicted molar refractivity (Wildman–Crippen MR) is 131 cm³/mol. The van der Waals surface area contributed by atoms with Gasteiger partial charge in [0.25, 0.3) is 0 Å². The van der Waals surface area contributed by atoms with Crippen molar-refractivity contribution in [1.82, 2.24) is 9.88 Å². The maximum Gasteiger partial charge on any atom is 0.317 e. The van der Waals surface area contributed by atoms with Gasteiger partial charge < -0.3 is 14.3 Å². The normalized spacial score (nSPS) is 18.3. The predicted octanol–water partition coefficient (Wildman–Crippen LogP) is 5.62. The van der Waals surface area contributed by atoms with Crippen LogP contribution in [0.3, 0.4) is 0 Å². The molecule has 1 aliphatic rings. The number of rotatable bonds is 10. The van der Waals surface area contributed by atoms with Crippen LogP contribution < -0.4 is 0 Å². The third-order valence-electron chi connectivity index (χ3n) is 6.51. The highest BCUT2D eigenvalue weighted by Gasteiger charge is 2.26. The number of carboxylic acid groups (broad SMARTS) is 1. The van der Waals surface area contributed by atoms with Gasteiger partial charge in [-0.2, -0.15) is 0 Å². The number of nitrogens with zero attached hydrogens (tertiary/aromatic N) is 2. The lowest BCUT2D eigenvalue weighted by atomic mass is 9.86. The van der Waals surface area contributed by atoms with Crippen LogP contribution in [0.2, 0.25) is 0 Å². The number of hydrogen-bond acceptors (Lipinski definition) is 5. The molecular weight excluding hydrogens is 428 g/mol. The smallest absolute Gasteiger partial charge is 0.317 e. The Morgan fingerprint density at radius 1 is 1.12 bits per heavy atom. The van der Waals surface area contributed by atoms with Gasteiger partial charge in [-0.1, -0.05) is 54.4 Å². The number of carboxylic acids is 1. The minimum absolute atomic E-state index is 0.0524. The van der Waals surface area contributed by atoms with Gasteiger partial charge in [0.15, 0.2) is 0 Å². The van der Waals surface area contributed by atoms with E-state index in [-0.39, 0.29) is 12.6 Å². The van der Waals surface area contributed by atoms with Gasteiger partial charge >= 0.3 is 5.97 Å². The number of aryl methyl sites for hydroxylation is 2. The van der Waals surface area contributed by atoms with Crippen LogP contribution in [-0.2, 0) is 22.7 Å². The Balaban J connectivity index is 1.32. The second-order valence-electron chi connectivity index (χ2n) is 9.40. The molecule has 0 radical (unpaired) electrons. The van der Waals surface area contributed by atoms with Crippen LogP contribution in [0.5, 0.6) is 0 Å². The third-order valence-corrected chi connectivity index (χ3v) is 6.51. The first kappa shape index (κ1) is 24.2. The van der Waals surface area contributed by atoms with Gasteiger partial charge in [0.1, 0.15) is 11.5 Å². The molecule has 1 heterocycles. The van der Waals surface area contributed by atoms with Crippen molar-refractivity contribution in [2.24, 2.45) is 5.92 Å². The van der Waals surface area contributed by atoms with Crippen molar-refractivity contribution in [2.45, 2.75) is 58.8 Å². The number of hydrogen-bond donors (Lipinski definition) is 1. The van der Waals surface area contributed by atoms with Crippen LogP contribution in [0.4, 0.5) is 0 Å². The van der Waals surface area contributed by atoms with Crippen molar-refractivity contribution >= 4 is 5.97 Å². The zero-order valence-electron chi connectivity index (χ0n) is 20.1. The molecular formula is C28H34N2O4. The average Bonchev–Trinajstić information content (AvgIpc) is 3.19. The van der Waals surface area contributed by atoms with Gasteiger partial charge in [-0.15, -0.1) is 0 Å². The first-order valence-corrected chi connectivity index (χ1v) is 12.1. The molecule has 0 amide bonds. The molecule has 1 aliphatic carbocycles. The standard InChI is InChI=1S/C28H34N2O4/c1-20-11-13-24(14-12-20)28-29-26(21(2)34-28)19-33-25-10-6-9-23(15-25)17-30(18-27(31)32)16-22-7-4-3-5-8-22/h3-5,7-8,11-14,23,25H,6,9-10,15-19H2,1-2H3,(H,31,32)/t23-,25+/m0/s1. The molecule has 1 aromatic heterocycles. The Labute approximate surface area is 201 Å². The van der Waals surface area contributed by atoms with Gasteiger partial charge in [-0.3, -0.25) is 9.69 Å². The summed E-state index contributed by atoms with van der Waals surface area (Å²) in [7, 11) is 0. The van der Waals surface area contributed by atoms with Crippen molar-refractivity contribution in [3.05, 3.63) is 77.2 Å². The molecule has 2 aromatic carbocycles. The highest BCUT2D eigenvalue weighted by Crippen LogP contribution is 2.29. The first-order chi connectivity index (χ1) is 16.5. The monoisotopic (exact) mass is 462 g/mol. The van der Waals surface area contributed by atoms with Gasteiger partial charge in [-0.25, -0.2) is 4.98 Å². The molecule has 2 atom stereocenters. The van der Waals surface area contributed by atoms with Crippen molar-refractivity contribution in [1.29, 1.82) is 0 Å². The number of aromatic nitrogens is 1. The fraction of sp³-hybridized carbons (Fsp3) is 0.429. The Kier molecular flexibility index (Phi) is 8.14. The lowest BCUT2D eigenvalue weighted by Gasteiger charge is -2.32. The van der Waals surface area contributed by atoms with E-state index in [0.717, 1.165) is 54.8 Å². The molecule has 0 unspecified atom stereocenters. The average molecular weight is 463 g/mol. The number of ether oxygens (including phenoxy) is 1. The minimum atomic E-state index is -0.787.